The Balaban J connectivity index is 1.43. The van der Waals surface area contributed by atoms with Crippen molar-refractivity contribution in [3.05, 3.63) is 64.3 Å². The van der Waals surface area contributed by atoms with Crippen LogP contribution in [0.1, 0.15) is 18.4 Å². The summed E-state index contributed by atoms with van der Waals surface area (Å²) < 4.78 is 24.1. The van der Waals surface area contributed by atoms with E-state index >= 15 is 0 Å². The molecule has 0 radical (unpaired) electrons. The third-order valence-electron chi connectivity index (χ3n) is 5.32. The summed E-state index contributed by atoms with van der Waals surface area (Å²) >= 11 is 0. The van der Waals surface area contributed by atoms with Gasteiger partial charge in [0, 0.05) is 37.1 Å². The molecule has 6 nitrogen and oxygen atoms in total. The number of aromatic hydroxyl groups is 1. The Morgan fingerprint density at radius 3 is 2.72 bits per heavy atom. The zero-order valence-electron chi connectivity index (χ0n) is 16.2. The van der Waals surface area contributed by atoms with E-state index in [1.165, 1.54) is 18.2 Å². The van der Waals surface area contributed by atoms with E-state index in [4.69, 9.17) is 9.15 Å². The lowest BCUT2D eigenvalue weighted by molar-refractivity contribution is 0.211. The number of piperidine rings is 1. The largest absolute Gasteiger partial charge is 0.505 e. The van der Waals surface area contributed by atoms with Crippen molar-refractivity contribution in [1.82, 2.24) is 4.90 Å². The number of benzene rings is 2. The smallest absolute Gasteiger partial charge is 0.338 e. The van der Waals surface area contributed by atoms with Crippen LogP contribution in [0.4, 0.5) is 10.1 Å². The van der Waals surface area contributed by atoms with Crippen molar-refractivity contribution in [3.8, 4) is 11.5 Å². The number of phenolic OH excluding ortho intramolecular Hbond substituents is 1. The third-order valence-corrected chi connectivity index (χ3v) is 5.32. The highest BCUT2D eigenvalue weighted by Gasteiger charge is 2.20. The minimum Gasteiger partial charge on any atom is -0.505 e. The summed E-state index contributed by atoms with van der Waals surface area (Å²) in [6.07, 6.45) is 1.79. The van der Waals surface area contributed by atoms with Crippen LogP contribution in [0, 0.1) is 5.82 Å². The molecule has 0 amide bonds. The zero-order chi connectivity index (χ0) is 20.4. The Morgan fingerprint density at radius 1 is 1.21 bits per heavy atom. The molecule has 2 heterocycles. The Morgan fingerprint density at radius 2 is 2.00 bits per heavy atom. The molecule has 2 aromatic carbocycles. The number of phenols is 1. The van der Waals surface area contributed by atoms with E-state index in [0.717, 1.165) is 42.6 Å². The normalized spacial score (nSPS) is 15.5. The highest BCUT2D eigenvalue weighted by atomic mass is 19.1. The van der Waals surface area contributed by atoms with Crippen LogP contribution in [-0.2, 0) is 6.54 Å². The summed E-state index contributed by atoms with van der Waals surface area (Å²) in [5, 5.41) is 13.6. The molecule has 0 spiro atoms. The Labute approximate surface area is 167 Å². The molecule has 1 fully saturated rings. The van der Waals surface area contributed by atoms with Crippen LogP contribution in [0.3, 0.4) is 0 Å². The lowest BCUT2D eigenvalue weighted by Gasteiger charge is -2.33. The highest BCUT2D eigenvalue weighted by Crippen LogP contribution is 2.28. The van der Waals surface area contributed by atoms with Gasteiger partial charge in [0.1, 0.15) is 11.3 Å². The number of rotatable bonds is 5. The van der Waals surface area contributed by atoms with E-state index in [-0.39, 0.29) is 11.8 Å². The Kier molecular flexibility index (Phi) is 5.40. The number of hydrogen-bond acceptors (Lipinski definition) is 6. The first-order valence-corrected chi connectivity index (χ1v) is 9.60. The number of anilines is 1. The van der Waals surface area contributed by atoms with Crippen LogP contribution in [0.15, 0.2) is 51.7 Å². The number of fused-ring (bicyclic) bond motifs is 1. The Bertz CT molecular complexity index is 1070. The molecule has 0 atom stereocenters. The van der Waals surface area contributed by atoms with Crippen molar-refractivity contribution >= 4 is 16.7 Å². The maximum absolute atomic E-state index is 13.5. The molecule has 1 aromatic heterocycles. The molecular formula is C22H23FN2O4. The van der Waals surface area contributed by atoms with Crippen molar-refractivity contribution in [1.29, 1.82) is 0 Å². The summed E-state index contributed by atoms with van der Waals surface area (Å²) in [7, 11) is 1.60. The molecule has 3 aromatic rings. The molecule has 7 heteroatoms. The monoisotopic (exact) mass is 398 g/mol. The lowest BCUT2D eigenvalue weighted by atomic mass is 10.0. The van der Waals surface area contributed by atoms with Gasteiger partial charge in [-0.15, -0.1) is 0 Å². The minimum absolute atomic E-state index is 0.221. The van der Waals surface area contributed by atoms with Gasteiger partial charge in [0.15, 0.2) is 11.6 Å². The average molecular weight is 398 g/mol. The van der Waals surface area contributed by atoms with Gasteiger partial charge in [-0.2, -0.15) is 0 Å². The number of halogens is 1. The first-order chi connectivity index (χ1) is 14.0. The molecule has 0 saturated carbocycles. The van der Waals surface area contributed by atoms with Crippen LogP contribution in [0.2, 0.25) is 0 Å². The maximum Gasteiger partial charge on any atom is 0.338 e. The molecule has 1 aliphatic rings. The van der Waals surface area contributed by atoms with Gasteiger partial charge in [-0.05, 0) is 48.7 Å². The van der Waals surface area contributed by atoms with E-state index in [1.807, 2.05) is 6.07 Å². The van der Waals surface area contributed by atoms with Crippen molar-refractivity contribution in [2.75, 3.05) is 25.5 Å². The summed E-state index contributed by atoms with van der Waals surface area (Å²) in [6, 6.07) is 11.6. The fourth-order valence-corrected chi connectivity index (χ4v) is 3.75. The predicted molar refractivity (Wildman–Crippen MR) is 109 cm³/mol. The van der Waals surface area contributed by atoms with Crippen LogP contribution in [0.25, 0.3) is 11.0 Å². The topological polar surface area (TPSA) is 74.9 Å². The van der Waals surface area contributed by atoms with Gasteiger partial charge >= 0.3 is 5.63 Å². The number of methoxy groups -OCH3 is 1. The van der Waals surface area contributed by atoms with Gasteiger partial charge in [-0.25, -0.2) is 9.18 Å². The number of nitrogens with zero attached hydrogens (tertiary/aromatic N) is 1. The first-order valence-electron chi connectivity index (χ1n) is 9.60. The third kappa shape index (κ3) is 4.35. The first kappa shape index (κ1) is 19.3. The fraction of sp³-hybridized carbons (Fsp3) is 0.318. The van der Waals surface area contributed by atoms with E-state index in [2.05, 4.69) is 10.2 Å². The Hall–Kier alpha value is -3.06. The van der Waals surface area contributed by atoms with E-state index in [1.54, 1.807) is 25.3 Å². The molecule has 0 bridgehead atoms. The lowest BCUT2D eigenvalue weighted by Crippen LogP contribution is -2.38. The minimum atomic E-state index is -0.593. The zero-order valence-corrected chi connectivity index (χ0v) is 16.2. The van der Waals surface area contributed by atoms with E-state index in [9.17, 15) is 14.3 Å². The quantitative estimate of drug-likeness (QED) is 0.638. The fourth-order valence-electron chi connectivity index (χ4n) is 3.75. The van der Waals surface area contributed by atoms with Gasteiger partial charge < -0.3 is 19.6 Å². The van der Waals surface area contributed by atoms with Crippen LogP contribution in [0.5, 0.6) is 11.5 Å². The summed E-state index contributed by atoms with van der Waals surface area (Å²) in [6.45, 7) is 2.34. The van der Waals surface area contributed by atoms with Gasteiger partial charge in [-0.1, -0.05) is 6.07 Å². The summed E-state index contributed by atoms with van der Waals surface area (Å²) in [5.74, 6) is -0.220. The van der Waals surface area contributed by atoms with Gasteiger partial charge in [0.2, 0.25) is 0 Å². The van der Waals surface area contributed by atoms with E-state index < -0.39 is 11.4 Å². The molecule has 1 aliphatic heterocycles. The van der Waals surface area contributed by atoms with Crippen molar-refractivity contribution < 1.29 is 18.7 Å². The second-order valence-corrected chi connectivity index (χ2v) is 7.32. The van der Waals surface area contributed by atoms with Crippen molar-refractivity contribution in [2.24, 2.45) is 0 Å². The molecule has 152 valence electrons. The number of ether oxygens (including phenoxy) is 1. The second kappa shape index (κ2) is 8.13. The van der Waals surface area contributed by atoms with E-state index in [0.29, 0.717) is 17.9 Å². The van der Waals surface area contributed by atoms with Crippen LogP contribution >= 0.6 is 0 Å². The average Bonchev–Trinajstić information content (AvgIpc) is 2.72. The molecule has 4 rings (SSSR count). The maximum atomic E-state index is 13.5. The van der Waals surface area contributed by atoms with Gasteiger partial charge in [0.25, 0.3) is 0 Å². The molecule has 0 aliphatic carbocycles. The number of likely N-dealkylation sites (tertiary alicyclic amines) is 1. The van der Waals surface area contributed by atoms with Gasteiger partial charge in [-0.3, -0.25) is 4.90 Å². The predicted octanol–water partition coefficient (Wildman–Crippen LogP) is 3.72. The molecule has 0 unspecified atom stereocenters. The summed E-state index contributed by atoms with van der Waals surface area (Å²) in [5.41, 5.74) is 1.71. The molecule has 29 heavy (non-hydrogen) atoms. The second-order valence-electron chi connectivity index (χ2n) is 7.32. The van der Waals surface area contributed by atoms with Crippen LogP contribution in [-0.4, -0.2) is 36.2 Å². The molecule has 1 saturated heterocycles. The highest BCUT2D eigenvalue weighted by molar-refractivity contribution is 5.90. The number of hydrogen-bond donors (Lipinski definition) is 2. The summed E-state index contributed by atoms with van der Waals surface area (Å²) in [4.78, 5) is 14.2. The van der Waals surface area contributed by atoms with Gasteiger partial charge in [0.05, 0.1) is 12.8 Å². The van der Waals surface area contributed by atoms with Crippen molar-refractivity contribution in [2.45, 2.75) is 25.4 Å². The number of nitrogens with one attached hydrogen (secondary N) is 1. The molecular weight excluding hydrogens is 375 g/mol. The SMILES string of the molecule is COc1ccc2oc(=O)cc(NC3CCN(Cc4ccc(O)c(F)c4)CC3)c2c1. The van der Waals surface area contributed by atoms with Crippen LogP contribution < -0.4 is 15.7 Å². The van der Waals surface area contributed by atoms with Crippen molar-refractivity contribution in [3.63, 3.8) is 0 Å². The standard InChI is InChI=1S/C22H23FN2O4/c1-28-16-3-5-21-17(11-16)19(12-22(27)29-21)24-15-6-8-25(9-7-15)13-14-2-4-20(26)18(23)10-14/h2-5,10-12,15,24,26H,6-9,13H2,1H3. The molecule has 2 N–H and O–H groups in total.